The predicted octanol–water partition coefficient (Wildman–Crippen LogP) is 0.844. The summed E-state index contributed by atoms with van der Waals surface area (Å²) in [5.41, 5.74) is 6.17. The predicted molar refractivity (Wildman–Crippen MR) is 74.7 cm³/mol. The fourth-order valence-electron chi connectivity index (χ4n) is 3.62. The largest absolute Gasteiger partial charge is 0.370 e. The van der Waals surface area contributed by atoms with Crippen molar-refractivity contribution in [2.24, 2.45) is 16.6 Å². The van der Waals surface area contributed by atoms with Crippen LogP contribution in [0.15, 0.2) is 4.99 Å². The maximum atomic E-state index is 11.4. The zero-order chi connectivity index (χ0) is 13.2. The lowest BCUT2D eigenvalue weighted by Crippen LogP contribution is -2.56. The number of hydrogen-bond acceptors (Lipinski definition) is 2. The second-order valence-electron chi connectivity index (χ2n) is 6.13. The van der Waals surface area contributed by atoms with E-state index in [9.17, 15) is 4.79 Å². The van der Waals surface area contributed by atoms with Gasteiger partial charge in [-0.15, -0.1) is 0 Å². The van der Waals surface area contributed by atoms with Crippen molar-refractivity contribution >= 4 is 11.9 Å². The van der Waals surface area contributed by atoms with Gasteiger partial charge in [0.1, 0.15) is 0 Å². The first kappa shape index (κ1) is 12.8. The highest BCUT2D eigenvalue weighted by Gasteiger charge is 2.34. The molecule has 0 aromatic rings. The van der Waals surface area contributed by atoms with Crippen molar-refractivity contribution in [2.45, 2.75) is 57.0 Å². The standard InChI is InChI=1S/C14H24N4O/c15-14(16-11-3-1-2-4-11)18-8-7-12-10(9-18)5-6-13(19)17-12/h10-12H,1-9H2,(H2,15,16)(H,17,19). The molecule has 0 spiro atoms. The van der Waals surface area contributed by atoms with E-state index in [0.29, 0.717) is 24.4 Å². The summed E-state index contributed by atoms with van der Waals surface area (Å²) in [6.45, 7) is 1.87. The van der Waals surface area contributed by atoms with E-state index < -0.39 is 0 Å². The molecule has 2 aliphatic heterocycles. The Morgan fingerprint density at radius 2 is 2.05 bits per heavy atom. The molecule has 2 saturated heterocycles. The minimum absolute atomic E-state index is 0.210. The van der Waals surface area contributed by atoms with Crippen LogP contribution >= 0.6 is 0 Å². The summed E-state index contributed by atoms with van der Waals surface area (Å²) < 4.78 is 0. The average molecular weight is 264 g/mol. The van der Waals surface area contributed by atoms with E-state index in [4.69, 9.17) is 5.73 Å². The maximum Gasteiger partial charge on any atom is 0.220 e. The lowest BCUT2D eigenvalue weighted by molar-refractivity contribution is -0.125. The van der Waals surface area contributed by atoms with Crippen LogP contribution < -0.4 is 11.1 Å². The van der Waals surface area contributed by atoms with Gasteiger partial charge in [0.2, 0.25) is 5.91 Å². The molecular formula is C14H24N4O. The van der Waals surface area contributed by atoms with Crippen LogP contribution in [0.3, 0.4) is 0 Å². The van der Waals surface area contributed by atoms with Crippen molar-refractivity contribution in [3.8, 4) is 0 Å². The van der Waals surface area contributed by atoms with Gasteiger partial charge in [0, 0.05) is 25.6 Å². The summed E-state index contributed by atoms with van der Waals surface area (Å²) in [5.74, 6) is 1.48. The normalized spacial score (nSPS) is 33.2. The first-order chi connectivity index (χ1) is 9.22. The van der Waals surface area contributed by atoms with Crippen molar-refractivity contribution < 1.29 is 4.79 Å². The van der Waals surface area contributed by atoms with Crippen molar-refractivity contribution in [3.05, 3.63) is 0 Å². The van der Waals surface area contributed by atoms with E-state index in [1.54, 1.807) is 0 Å². The Bertz CT molecular complexity index is 376. The van der Waals surface area contributed by atoms with Crippen LogP contribution in [0.2, 0.25) is 0 Å². The Morgan fingerprint density at radius 1 is 1.26 bits per heavy atom. The number of nitrogens with one attached hydrogen (secondary N) is 1. The smallest absolute Gasteiger partial charge is 0.220 e. The zero-order valence-corrected chi connectivity index (χ0v) is 11.5. The van der Waals surface area contributed by atoms with Crippen molar-refractivity contribution in [1.82, 2.24) is 10.2 Å². The monoisotopic (exact) mass is 264 g/mol. The number of hydrogen-bond donors (Lipinski definition) is 2. The molecule has 3 aliphatic rings. The number of fused-ring (bicyclic) bond motifs is 1. The molecule has 5 heteroatoms. The van der Waals surface area contributed by atoms with Crippen LogP contribution in [0.1, 0.15) is 44.9 Å². The molecule has 1 amide bonds. The minimum atomic E-state index is 0.210. The molecule has 19 heavy (non-hydrogen) atoms. The summed E-state index contributed by atoms with van der Waals surface area (Å²) in [6, 6.07) is 0.806. The molecule has 0 aromatic carbocycles. The van der Waals surface area contributed by atoms with E-state index in [1.807, 2.05) is 0 Å². The first-order valence-electron chi connectivity index (χ1n) is 7.60. The molecule has 0 radical (unpaired) electrons. The van der Waals surface area contributed by atoms with Crippen LogP contribution in [0, 0.1) is 5.92 Å². The molecule has 3 fully saturated rings. The maximum absolute atomic E-state index is 11.4. The molecule has 5 nitrogen and oxygen atoms in total. The van der Waals surface area contributed by atoms with E-state index in [0.717, 1.165) is 31.9 Å². The van der Waals surface area contributed by atoms with E-state index >= 15 is 0 Å². The number of carbonyl (C=O) groups excluding carboxylic acids is 1. The fourth-order valence-corrected chi connectivity index (χ4v) is 3.62. The number of rotatable bonds is 1. The van der Waals surface area contributed by atoms with Crippen LogP contribution in [0.5, 0.6) is 0 Å². The third-order valence-corrected chi connectivity index (χ3v) is 4.79. The van der Waals surface area contributed by atoms with Gasteiger partial charge in [0.15, 0.2) is 5.96 Å². The molecule has 0 bridgehead atoms. The number of aliphatic imine (C=N–C) groups is 1. The number of nitrogens with two attached hydrogens (primary N) is 1. The Labute approximate surface area is 114 Å². The summed E-state index contributed by atoms with van der Waals surface area (Å²) in [4.78, 5) is 18.3. The van der Waals surface area contributed by atoms with Gasteiger partial charge < -0.3 is 16.0 Å². The molecule has 2 unspecified atom stereocenters. The van der Waals surface area contributed by atoms with Crippen molar-refractivity contribution in [2.75, 3.05) is 13.1 Å². The minimum Gasteiger partial charge on any atom is -0.370 e. The topological polar surface area (TPSA) is 70.7 Å². The molecular weight excluding hydrogens is 240 g/mol. The number of piperidine rings is 2. The van der Waals surface area contributed by atoms with Gasteiger partial charge >= 0.3 is 0 Å². The Hall–Kier alpha value is -1.26. The highest BCUT2D eigenvalue weighted by Crippen LogP contribution is 2.26. The number of nitrogens with zero attached hydrogens (tertiary/aromatic N) is 2. The van der Waals surface area contributed by atoms with Gasteiger partial charge in [-0.3, -0.25) is 4.79 Å². The highest BCUT2D eigenvalue weighted by atomic mass is 16.1. The summed E-state index contributed by atoms with van der Waals surface area (Å²) >= 11 is 0. The van der Waals surface area contributed by atoms with Crippen molar-refractivity contribution in [1.29, 1.82) is 0 Å². The number of amides is 1. The Balaban J connectivity index is 1.59. The zero-order valence-electron chi connectivity index (χ0n) is 11.5. The quantitative estimate of drug-likeness (QED) is 0.545. The Morgan fingerprint density at radius 3 is 2.84 bits per heavy atom. The van der Waals surface area contributed by atoms with Gasteiger partial charge in [-0.1, -0.05) is 12.8 Å². The van der Waals surface area contributed by atoms with Gasteiger partial charge in [0.25, 0.3) is 0 Å². The molecule has 2 heterocycles. The molecule has 2 atom stereocenters. The molecule has 106 valence electrons. The van der Waals surface area contributed by atoms with Gasteiger partial charge in [0.05, 0.1) is 6.04 Å². The van der Waals surface area contributed by atoms with Crippen LogP contribution in [-0.2, 0) is 4.79 Å². The van der Waals surface area contributed by atoms with Gasteiger partial charge in [-0.2, -0.15) is 0 Å². The second-order valence-corrected chi connectivity index (χ2v) is 6.13. The fraction of sp³-hybridized carbons (Fsp3) is 0.857. The SMILES string of the molecule is NC(=NC1CCCC1)N1CCC2NC(=O)CCC2C1. The Kier molecular flexibility index (Phi) is 3.62. The average Bonchev–Trinajstić information content (AvgIpc) is 2.91. The first-order valence-corrected chi connectivity index (χ1v) is 7.60. The molecule has 3 rings (SSSR count). The van der Waals surface area contributed by atoms with Crippen LogP contribution in [0.4, 0.5) is 0 Å². The molecule has 0 aromatic heterocycles. The van der Waals surface area contributed by atoms with Gasteiger partial charge in [-0.05, 0) is 31.6 Å². The lowest BCUT2D eigenvalue weighted by atomic mass is 9.85. The van der Waals surface area contributed by atoms with E-state index in [1.165, 1.54) is 25.7 Å². The summed E-state index contributed by atoms with van der Waals surface area (Å²) in [5, 5.41) is 3.10. The number of guanidine groups is 1. The molecule has 3 N–H and O–H groups in total. The van der Waals surface area contributed by atoms with Gasteiger partial charge in [-0.25, -0.2) is 4.99 Å². The number of carbonyl (C=O) groups is 1. The van der Waals surface area contributed by atoms with E-state index in [-0.39, 0.29) is 5.91 Å². The summed E-state index contributed by atoms with van der Waals surface area (Å²) in [7, 11) is 0. The number of likely N-dealkylation sites (tertiary alicyclic amines) is 1. The summed E-state index contributed by atoms with van der Waals surface area (Å²) in [6.07, 6.45) is 7.61. The van der Waals surface area contributed by atoms with Crippen molar-refractivity contribution in [3.63, 3.8) is 0 Å². The second kappa shape index (κ2) is 5.39. The highest BCUT2D eigenvalue weighted by molar-refractivity contribution is 5.79. The lowest BCUT2D eigenvalue weighted by Gasteiger charge is -2.41. The van der Waals surface area contributed by atoms with Crippen LogP contribution in [0.25, 0.3) is 0 Å². The third kappa shape index (κ3) is 2.85. The van der Waals surface area contributed by atoms with E-state index in [2.05, 4.69) is 15.2 Å². The van der Waals surface area contributed by atoms with Crippen LogP contribution in [-0.4, -0.2) is 41.9 Å². The third-order valence-electron chi connectivity index (χ3n) is 4.79. The molecule has 1 aliphatic carbocycles. The molecule has 1 saturated carbocycles.